The van der Waals surface area contributed by atoms with Crippen molar-refractivity contribution in [3.05, 3.63) is 32.2 Å². The topological polar surface area (TPSA) is 0 Å². The van der Waals surface area contributed by atoms with Crippen LogP contribution in [0.5, 0.6) is 0 Å². The van der Waals surface area contributed by atoms with Gasteiger partial charge in [-0.25, -0.2) is 8.78 Å². The van der Waals surface area contributed by atoms with E-state index in [2.05, 4.69) is 31.9 Å². The van der Waals surface area contributed by atoms with E-state index in [0.717, 1.165) is 0 Å². The van der Waals surface area contributed by atoms with Crippen LogP contribution in [-0.4, -0.2) is 0 Å². The first-order valence-electron chi connectivity index (χ1n) is 3.26. The summed E-state index contributed by atoms with van der Waals surface area (Å²) in [5, 5.41) is 0. The molecular formula is C8H6Br2F2. The molecule has 0 aliphatic heterocycles. The Balaban J connectivity index is 3.33. The quantitative estimate of drug-likeness (QED) is 0.718. The highest BCUT2D eigenvalue weighted by Crippen LogP contribution is 2.33. The lowest BCUT2D eigenvalue weighted by molar-refractivity contribution is 0.149. The summed E-state index contributed by atoms with van der Waals surface area (Å²) in [6.45, 7) is 1.66. The van der Waals surface area contributed by atoms with E-state index in [9.17, 15) is 8.78 Å². The predicted molar refractivity (Wildman–Crippen MR) is 51.5 cm³/mol. The second-order valence-electron chi connectivity index (χ2n) is 2.37. The van der Waals surface area contributed by atoms with Gasteiger partial charge in [0.1, 0.15) is 0 Å². The van der Waals surface area contributed by atoms with Gasteiger partial charge in [-0.1, -0.05) is 31.9 Å². The van der Waals surface area contributed by atoms with Crippen molar-refractivity contribution in [3.63, 3.8) is 0 Å². The predicted octanol–water partition coefficient (Wildman–Crippen LogP) is 4.46. The van der Waals surface area contributed by atoms with Crippen LogP contribution in [0.4, 0.5) is 8.78 Å². The van der Waals surface area contributed by atoms with Crippen LogP contribution in [0.1, 0.15) is 17.6 Å². The van der Waals surface area contributed by atoms with Crippen molar-refractivity contribution < 1.29 is 8.78 Å². The van der Waals surface area contributed by atoms with Crippen molar-refractivity contribution in [2.75, 3.05) is 0 Å². The van der Waals surface area contributed by atoms with E-state index in [1.807, 2.05) is 0 Å². The summed E-state index contributed by atoms with van der Waals surface area (Å²) in [6.07, 6.45) is -2.43. The molecule has 0 saturated carbocycles. The average Bonchev–Trinajstić information content (AvgIpc) is 1.97. The summed E-state index contributed by atoms with van der Waals surface area (Å²) in [7, 11) is 0. The molecule has 0 amide bonds. The third-order valence-electron chi connectivity index (χ3n) is 1.61. The van der Waals surface area contributed by atoms with Gasteiger partial charge in [-0.3, -0.25) is 0 Å². The number of alkyl halides is 2. The SMILES string of the molecule is Cc1c(Br)ccc(Br)c1C(F)F. The smallest absolute Gasteiger partial charge is 0.205 e. The van der Waals surface area contributed by atoms with E-state index in [1.165, 1.54) is 0 Å². The maximum atomic E-state index is 12.4. The first-order valence-corrected chi connectivity index (χ1v) is 4.85. The minimum atomic E-state index is -2.43. The van der Waals surface area contributed by atoms with Gasteiger partial charge in [0, 0.05) is 14.5 Å². The normalized spacial score (nSPS) is 10.8. The summed E-state index contributed by atoms with van der Waals surface area (Å²) in [4.78, 5) is 0. The fourth-order valence-electron chi connectivity index (χ4n) is 0.937. The molecule has 0 N–H and O–H groups in total. The average molecular weight is 300 g/mol. The van der Waals surface area contributed by atoms with Crippen molar-refractivity contribution in [1.29, 1.82) is 0 Å². The third kappa shape index (κ3) is 1.85. The van der Waals surface area contributed by atoms with Crippen LogP contribution >= 0.6 is 31.9 Å². The molecule has 0 aliphatic carbocycles. The van der Waals surface area contributed by atoms with Gasteiger partial charge in [-0.2, -0.15) is 0 Å². The van der Waals surface area contributed by atoms with Gasteiger partial charge in [0.25, 0.3) is 6.43 Å². The van der Waals surface area contributed by atoms with Crippen molar-refractivity contribution in [3.8, 4) is 0 Å². The van der Waals surface area contributed by atoms with Crippen LogP contribution in [0.15, 0.2) is 21.1 Å². The molecule has 0 spiro atoms. The summed E-state index contributed by atoms with van der Waals surface area (Å²) >= 11 is 6.28. The molecule has 4 heteroatoms. The van der Waals surface area contributed by atoms with E-state index in [4.69, 9.17) is 0 Å². The molecule has 0 aliphatic rings. The number of rotatable bonds is 1. The molecule has 0 aromatic heterocycles. The Morgan fingerprint density at radius 1 is 1.17 bits per heavy atom. The van der Waals surface area contributed by atoms with Crippen molar-refractivity contribution in [1.82, 2.24) is 0 Å². The van der Waals surface area contributed by atoms with Gasteiger partial charge in [0.15, 0.2) is 0 Å². The van der Waals surface area contributed by atoms with Crippen LogP contribution in [0.25, 0.3) is 0 Å². The zero-order valence-electron chi connectivity index (χ0n) is 6.24. The van der Waals surface area contributed by atoms with Gasteiger partial charge in [-0.05, 0) is 24.6 Å². The maximum Gasteiger partial charge on any atom is 0.265 e. The van der Waals surface area contributed by atoms with E-state index < -0.39 is 6.43 Å². The highest BCUT2D eigenvalue weighted by Gasteiger charge is 2.15. The molecule has 0 atom stereocenters. The van der Waals surface area contributed by atoms with E-state index in [0.29, 0.717) is 14.5 Å². The second kappa shape index (κ2) is 3.83. The third-order valence-corrected chi connectivity index (χ3v) is 3.16. The number of hydrogen-bond acceptors (Lipinski definition) is 0. The molecule has 0 heterocycles. The largest absolute Gasteiger partial charge is 0.265 e. The lowest BCUT2D eigenvalue weighted by Gasteiger charge is -2.08. The Hall–Kier alpha value is 0.0400. The van der Waals surface area contributed by atoms with Gasteiger partial charge in [-0.15, -0.1) is 0 Å². The number of halogens is 4. The van der Waals surface area contributed by atoms with E-state index in [-0.39, 0.29) is 5.56 Å². The van der Waals surface area contributed by atoms with Crippen LogP contribution < -0.4 is 0 Å². The van der Waals surface area contributed by atoms with E-state index in [1.54, 1.807) is 19.1 Å². The van der Waals surface area contributed by atoms with Crippen molar-refractivity contribution >= 4 is 31.9 Å². The minimum Gasteiger partial charge on any atom is -0.205 e. The zero-order chi connectivity index (χ0) is 9.30. The van der Waals surface area contributed by atoms with E-state index >= 15 is 0 Å². The lowest BCUT2D eigenvalue weighted by Crippen LogP contribution is -1.92. The van der Waals surface area contributed by atoms with Crippen LogP contribution in [0, 0.1) is 6.92 Å². The zero-order valence-corrected chi connectivity index (χ0v) is 9.42. The summed E-state index contributed by atoms with van der Waals surface area (Å²) in [5.74, 6) is 0. The molecule has 1 rings (SSSR count). The molecule has 0 fully saturated rings. The number of benzene rings is 1. The number of hydrogen-bond donors (Lipinski definition) is 0. The molecule has 0 nitrogen and oxygen atoms in total. The lowest BCUT2D eigenvalue weighted by atomic mass is 10.1. The monoisotopic (exact) mass is 298 g/mol. The van der Waals surface area contributed by atoms with Gasteiger partial charge in [0.2, 0.25) is 0 Å². The van der Waals surface area contributed by atoms with Gasteiger partial charge >= 0.3 is 0 Å². The molecule has 66 valence electrons. The molecular weight excluding hydrogens is 294 g/mol. The molecule has 1 aromatic carbocycles. The van der Waals surface area contributed by atoms with Crippen LogP contribution in [-0.2, 0) is 0 Å². The summed E-state index contributed by atoms with van der Waals surface area (Å²) in [6, 6.07) is 3.35. The Bertz CT molecular complexity index is 297. The standard InChI is InChI=1S/C8H6Br2F2/c1-4-5(9)2-3-6(10)7(4)8(11)12/h2-3,8H,1H3. The molecule has 1 aromatic rings. The molecule has 0 bridgehead atoms. The molecule has 12 heavy (non-hydrogen) atoms. The summed E-state index contributed by atoms with van der Waals surface area (Å²) in [5.41, 5.74) is 0.642. The van der Waals surface area contributed by atoms with Crippen molar-refractivity contribution in [2.45, 2.75) is 13.3 Å². The minimum absolute atomic E-state index is 0.0596. The molecule has 0 saturated heterocycles. The highest BCUT2D eigenvalue weighted by molar-refractivity contribution is 9.11. The molecule has 0 radical (unpaired) electrons. The second-order valence-corrected chi connectivity index (χ2v) is 4.08. The Kier molecular flexibility index (Phi) is 3.23. The fourth-order valence-corrected chi connectivity index (χ4v) is 1.89. The Labute approximate surface area is 86.2 Å². The molecule has 0 unspecified atom stereocenters. The maximum absolute atomic E-state index is 12.4. The van der Waals surface area contributed by atoms with Crippen LogP contribution in [0.3, 0.4) is 0 Å². The fraction of sp³-hybridized carbons (Fsp3) is 0.250. The van der Waals surface area contributed by atoms with Crippen LogP contribution in [0.2, 0.25) is 0 Å². The van der Waals surface area contributed by atoms with Gasteiger partial charge in [0.05, 0.1) is 0 Å². The van der Waals surface area contributed by atoms with Crippen molar-refractivity contribution in [2.24, 2.45) is 0 Å². The summed E-state index contributed by atoms with van der Waals surface area (Å²) < 4.78 is 26.0. The first-order chi connectivity index (χ1) is 5.54. The Morgan fingerprint density at radius 2 is 1.67 bits per heavy atom. The van der Waals surface area contributed by atoms with Gasteiger partial charge < -0.3 is 0 Å². The highest BCUT2D eigenvalue weighted by atomic mass is 79.9. The Morgan fingerprint density at radius 3 is 2.08 bits per heavy atom. The first kappa shape index (κ1) is 10.1.